The molecule has 1 saturated carbocycles. The van der Waals surface area contributed by atoms with Gasteiger partial charge in [-0.3, -0.25) is 0 Å². The fourth-order valence-corrected chi connectivity index (χ4v) is 3.49. The Labute approximate surface area is 124 Å². The van der Waals surface area contributed by atoms with Gasteiger partial charge in [0.15, 0.2) is 0 Å². The molecule has 1 aromatic carbocycles. The van der Waals surface area contributed by atoms with E-state index in [1.807, 2.05) is 12.1 Å². The van der Waals surface area contributed by atoms with Crippen molar-refractivity contribution in [3.63, 3.8) is 0 Å². The van der Waals surface area contributed by atoms with E-state index in [9.17, 15) is 0 Å². The largest absolute Gasteiger partial charge is 0.467 e. The average molecular weight is 280 g/mol. The van der Waals surface area contributed by atoms with E-state index in [4.69, 9.17) is 9.40 Å². The van der Waals surface area contributed by atoms with Crippen molar-refractivity contribution in [2.24, 2.45) is 0 Å². The summed E-state index contributed by atoms with van der Waals surface area (Å²) in [6.07, 6.45) is 8.30. The van der Waals surface area contributed by atoms with Gasteiger partial charge in [0, 0.05) is 5.92 Å². The summed E-state index contributed by atoms with van der Waals surface area (Å²) in [6, 6.07) is 12.4. The third-order valence-electron chi connectivity index (χ3n) is 4.55. The highest BCUT2D eigenvalue weighted by Gasteiger charge is 2.22. The molecule has 2 heterocycles. The van der Waals surface area contributed by atoms with Crippen LogP contribution >= 0.6 is 0 Å². The van der Waals surface area contributed by atoms with E-state index in [0.29, 0.717) is 5.92 Å². The number of hydrogen-bond donors (Lipinski definition) is 0. The smallest absolute Gasteiger partial charge is 0.123 e. The fraction of sp³-hybridized carbons (Fsp3) is 0.389. The second-order valence-electron chi connectivity index (χ2n) is 5.96. The van der Waals surface area contributed by atoms with E-state index in [2.05, 4.69) is 28.8 Å². The standard InChI is InChI=1S/C18H20N2O/c1-2-7-14(8-3-1)18-19-16-10-4-5-11-17(16)20(18)13-15-9-6-12-21-15/h4-6,9-12,14H,1-3,7-8,13H2. The van der Waals surface area contributed by atoms with Crippen molar-refractivity contribution in [3.8, 4) is 0 Å². The first-order valence-electron chi connectivity index (χ1n) is 7.89. The Kier molecular flexibility index (Phi) is 3.26. The summed E-state index contributed by atoms with van der Waals surface area (Å²) in [7, 11) is 0. The Morgan fingerprint density at radius 2 is 1.90 bits per heavy atom. The molecule has 2 aromatic heterocycles. The zero-order valence-corrected chi connectivity index (χ0v) is 12.2. The summed E-state index contributed by atoms with van der Waals surface area (Å²) < 4.78 is 7.90. The topological polar surface area (TPSA) is 31.0 Å². The van der Waals surface area contributed by atoms with Crippen LogP contribution in [0.2, 0.25) is 0 Å². The van der Waals surface area contributed by atoms with Crippen molar-refractivity contribution in [2.75, 3.05) is 0 Å². The second kappa shape index (κ2) is 5.40. The Bertz CT molecular complexity index is 721. The number of imidazole rings is 1. The summed E-state index contributed by atoms with van der Waals surface area (Å²) in [5.74, 6) is 2.84. The quantitative estimate of drug-likeness (QED) is 0.694. The van der Waals surface area contributed by atoms with Crippen LogP contribution in [-0.4, -0.2) is 9.55 Å². The van der Waals surface area contributed by atoms with Gasteiger partial charge >= 0.3 is 0 Å². The maximum absolute atomic E-state index is 5.55. The zero-order valence-electron chi connectivity index (χ0n) is 12.2. The second-order valence-corrected chi connectivity index (χ2v) is 5.96. The number of fused-ring (bicyclic) bond motifs is 1. The molecule has 108 valence electrons. The SMILES string of the molecule is c1coc(Cn2c(C3CCCCC3)nc3ccccc32)c1. The van der Waals surface area contributed by atoms with Gasteiger partial charge < -0.3 is 8.98 Å². The van der Waals surface area contributed by atoms with Crippen molar-refractivity contribution in [1.82, 2.24) is 9.55 Å². The highest BCUT2D eigenvalue weighted by Crippen LogP contribution is 2.34. The molecule has 21 heavy (non-hydrogen) atoms. The van der Waals surface area contributed by atoms with Crippen LogP contribution in [-0.2, 0) is 6.54 Å². The number of hydrogen-bond acceptors (Lipinski definition) is 2. The van der Waals surface area contributed by atoms with Crippen LogP contribution in [0.5, 0.6) is 0 Å². The highest BCUT2D eigenvalue weighted by molar-refractivity contribution is 5.76. The van der Waals surface area contributed by atoms with Crippen LogP contribution in [0.25, 0.3) is 11.0 Å². The van der Waals surface area contributed by atoms with Crippen LogP contribution in [0.3, 0.4) is 0 Å². The highest BCUT2D eigenvalue weighted by atomic mass is 16.3. The molecule has 0 aliphatic heterocycles. The number of aromatic nitrogens is 2. The number of benzene rings is 1. The zero-order chi connectivity index (χ0) is 14.1. The van der Waals surface area contributed by atoms with Gasteiger partial charge in [0.1, 0.15) is 11.6 Å². The average Bonchev–Trinajstić information content (AvgIpc) is 3.17. The lowest BCUT2D eigenvalue weighted by Gasteiger charge is -2.22. The van der Waals surface area contributed by atoms with Crippen molar-refractivity contribution in [3.05, 3.63) is 54.2 Å². The van der Waals surface area contributed by atoms with Crippen molar-refractivity contribution in [1.29, 1.82) is 0 Å². The van der Waals surface area contributed by atoms with Gasteiger partial charge in [0.25, 0.3) is 0 Å². The van der Waals surface area contributed by atoms with Gasteiger partial charge in [-0.25, -0.2) is 4.98 Å². The Morgan fingerprint density at radius 3 is 2.71 bits per heavy atom. The molecule has 0 unspecified atom stereocenters. The summed E-state index contributed by atoms with van der Waals surface area (Å²) in [4.78, 5) is 4.94. The first-order valence-corrected chi connectivity index (χ1v) is 7.89. The molecule has 1 fully saturated rings. The van der Waals surface area contributed by atoms with Crippen molar-refractivity contribution in [2.45, 2.75) is 44.6 Å². The molecule has 1 aliphatic carbocycles. The van der Waals surface area contributed by atoms with Crippen LogP contribution in [0.15, 0.2) is 47.1 Å². The van der Waals surface area contributed by atoms with Crippen LogP contribution in [0.4, 0.5) is 0 Å². The molecule has 3 heteroatoms. The van der Waals surface area contributed by atoms with E-state index >= 15 is 0 Å². The van der Waals surface area contributed by atoms with Gasteiger partial charge in [-0.2, -0.15) is 0 Å². The summed E-state index contributed by atoms with van der Waals surface area (Å²) in [5, 5.41) is 0. The molecule has 0 spiro atoms. The molecule has 0 radical (unpaired) electrons. The molecule has 0 atom stereocenters. The molecular formula is C18H20N2O. The minimum atomic E-state index is 0.598. The minimum absolute atomic E-state index is 0.598. The van der Waals surface area contributed by atoms with E-state index in [1.54, 1.807) is 6.26 Å². The number of nitrogens with zero attached hydrogens (tertiary/aromatic N) is 2. The van der Waals surface area contributed by atoms with Crippen molar-refractivity contribution >= 4 is 11.0 Å². The van der Waals surface area contributed by atoms with Crippen LogP contribution in [0.1, 0.15) is 49.6 Å². The first kappa shape index (κ1) is 12.7. The normalized spacial score (nSPS) is 16.6. The van der Waals surface area contributed by atoms with Gasteiger partial charge in [0.2, 0.25) is 0 Å². The molecule has 0 bridgehead atoms. The fourth-order valence-electron chi connectivity index (χ4n) is 3.49. The number of para-hydroxylation sites is 2. The van der Waals surface area contributed by atoms with Crippen LogP contribution in [0, 0.1) is 0 Å². The minimum Gasteiger partial charge on any atom is -0.467 e. The molecule has 0 amide bonds. The third-order valence-corrected chi connectivity index (χ3v) is 4.55. The van der Waals surface area contributed by atoms with E-state index in [0.717, 1.165) is 17.8 Å². The van der Waals surface area contributed by atoms with E-state index in [-0.39, 0.29) is 0 Å². The van der Waals surface area contributed by atoms with Crippen molar-refractivity contribution < 1.29 is 4.42 Å². The van der Waals surface area contributed by atoms with Gasteiger partial charge in [0.05, 0.1) is 23.8 Å². The molecular weight excluding hydrogens is 260 g/mol. The first-order chi connectivity index (χ1) is 10.4. The maximum Gasteiger partial charge on any atom is 0.123 e. The summed E-state index contributed by atoms with van der Waals surface area (Å²) in [6.45, 7) is 0.777. The Hall–Kier alpha value is -2.03. The summed E-state index contributed by atoms with van der Waals surface area (Å²) in [5.41, 5.74) is 2.32. The van der Waals surface area contributed by atoms with Crippen LogP contribution < -0.4 is 0 Å². The predicted molar refractivity (Wildman–Crippen MR) is 83.4 cm³/mol. The molecule has 0 saturated heterocycles. The van der Waals surface area contributed by atoms with E-state index < -0.39 is 0 Å². The molecule has 3 aromatic rings. The van der Waals surface area contributed by atoms with Gasteiger partial charge in [-0.1, -0.05) is 31.4 Å². The molecule has 3 nitrogen and oxygen atoms in total. The lowest BCUT2D eigenvalue weighted by molar-refractivity contribution is 0.413. The predicted octanol–water partition coefficient (Wildman–Crippen LogP) is 4.73. The van der Waals surface area contributed by atoms with Gasteiger partial charge in [-0.05, 0) is 37.1 Å². The molecule has 0 N–H and O–H groups in total. The monoisotopic (exact) mass is 280 g/mol. The lowest BCUT2D eigenvalue weighted by Crippen LogP contribution is -2.12. The molecule has 4 rings (SSSR count). The Balaban J connectivity index is 1.80. The number of furan rings is 1. The number of rotatable bonds is 3. The van der Waals surface area contributed by atoms with E-state index in [1.165, 1.54) is 43.4 Å². The molecule has 1 aliphatic rings. The maximum atomic E-state index is 5.55. The van der Waals surface area contributed by atoms with Gasteiger partial charge in [-0.15, -0.1) is 0 Å². The Morgan fingerprint density at radius 1 is 1.05 bits per heavy atom. The third kappa shape index (κ3) is 2.37. The summed E-state index contributed by atoms with van der Waals surface area (Å²) >= 11 is 0. The lowest BCUT2D eigenvalue weighted by atomic mass is 9.88.